The van der Waals surface area contributed by atoms with Gasteiger partial charge in [0.25, 0.3) is 0 Å². The van der Waals surface area contributed by atoms with Gasteiger partial charge < -0.3 is 10.6 Å². The van der Waals surface area contributed by atoms with E-state index in [2.05, 4.69) is 36.8 Å². The lowest BCUT2D eigenvalue weighted by Gasteiger charge is -2.07. The van der Waals surface area contributed by atoms with Gasteiger partial charge in [0.2, 0.25) is 5.91 Å². The molecule has 0 aliphatic heterocycles. The van der Waals surface area contributed by atoms with E-state index in [0.717, 1.165) is 15.6 Å². The van der Waals surface area contributed by atoms with E-state index >= 15 is 0 Å². The van der Waals surface area contributed by atoms with E-state index in [1.54, 1.807) is 12.1 Å². The lowest BCUT2D eigenvalue weighted by molar-refractivity contribution is -0.115. The zero-order valence-electron chi connectivity index (χ0n) is 13.4. The minimum absolute atomic E-state index is 0.127. The number of carbonyl (C=O) groups is 1. The molecular weight excluding hydrogens is 380 g/mol. The van der Waals surface area contributed by atoms with E-state index in [4.69, 9.17) is 0 Å². The quantitative estimate of drug-likeness (QED) is 0.659. The molecule has 0 fully saturated rings. The SMILES string of the molecule is O=C(Cc1cccc(Br)c1)Nc1ccc(NCc2ccccc2)nn1. The van der Waals surface area contributed by atoms with Crippen molar-refractivity contribution < 1.29 is 4.79 Å². The number of hydrogen-bond donors (Lipinski definition) is 2. The maximum absolute atomic E-state index is 12.1. The van der Waals surface area contributed by atoms with Gasteiger partial charge in [-0.05, 0) is 35.4 Å². The zero-order chi connectivity index (χ0) is 17.5. The molecule has 3 rings (SSSR count). The number of benzene rings is 2. The summed E-state index contributed by atoms with van der Waals surface area (Å²) < 4.78 is 0.950. The van der Waals surface area contributed by atoms with E-state index in [0.29, 0.717) is 18.2 Å². The van der Waals surface area contributed by atoms with Crippen molar-refractivity contribution in [3.8, 4) is 0 Å². The summed E-state index contributed by atoms with van der Waals surface area (Å²) in [5.74, 6) is 0.969. The highest BCUT2D eigenvalue weighted by Gasteiger charge is 2.06. The third-order valence-electron chi connectivity index (χ3n) is 3.50. The topological polar surface area (TPSA) is 66.9 Å². The van der Waals surface area contributed by atoms with Gasteiger partial charge in [0.05, 0.1) is 6.42 Å². The fraction of sp³-hybridized carbons (Fsp3) is 0.105. The van der Waals surface area contributed by atoms with Gasteiger partial charge in [-0.25, -0.2) is 0 Å². The molecule has 0 spiro atoms. The van der Waals surface area contributed by atoms with Crippen molar-refractivity contribution in [3.63, 3.8) is 0 Å². The van der Waals surface area contributed by atoms with Crippen LogP contribution >= 0.6 is 15.9 Å². The van der Waals surface area contributed by atoms with Gasteiger partial charge in [-0.3, -0.25) is 4.79 Å². The molecule has 0 saturated heterocycles. The molecule has 0 radical (unpaired) electrons. The van der Waals surface area contributed by atoms with Gasteiger partial charge in [-0.2, -0.15) is 0 Å². The second kappa shape index (κ2) is 8.39. The summed E-state index contributed by atoms with van der Waals surface area (Å²) in [6.45, 7) is 0.671. The number of nitrogens with one attached hydrogen (secondary N) is 2. The number of carbonyl (C=O) groups excluding carboxylic acids is 1. The van der Waals surface area contributed by atoms with Crippen LogP contribution in [0.2, 0.25) is 0 Å². The van der Waals surface area contributed by atoms with Crippen LogP contribution in [0.15, 0.2) is 71.2 Å². The van der Waals surface area contributed by atoms with Crippen molar-refractivity contribution in [2.75, 3.05) is 10.6 Å². The normalized spacial score (nSPS) is 10.3. The Balaban J connectivity index is 1.52. The minimum Gasteiger partial charge on any atom is -0.365 e. The smallest absolute Gasteiger partial charge is 0.229 e. The first-order valence-corrected chi connectivity index (χ1v) is 8.64. The van der Waals surface area contributed by atoms with Crippen LogP contribution in [0.5, 0.6) is 0 Å². The highest BCUT2D eigenvalue weighted by atomic mass is 79.9. The van der Waals surface area contributed by atoms with E-state index in [1.807, 2.05) is 54.6 Å². The monoisotopic (exact) mass is 396 g/mol. The molecule has 2 aromatic carbocycles. The Kier molecular flexibility index (Phi) is 5.74. The van der Waals surface area contributed by atoms with Gasteiger partial charge in [-0.15, -0.1) is 10.2 Å². The summed E-state index contributed by atoms with van der Waals surface area (Å²) in [4.78, 5) is 12.1. The number of anilines is 2. The maximum atomic E-state index is 12.1. The molecule has 2 N–H and O–H groups in total. The third kappa shape index (κ3) is 5.39. The molecule has 5 nitrogen and oxygen atoms in total. The first-order chi connectivity index (χ1) is 12.2. The molecule has 1 heterocycles. The molecule has 0 bridgehead atoms. The predicted octanol–water partition coefficient (Wildman–Crippen LogP) is 4.03. The van der Waals surface area contributed by atoms with Crippen LogP contribution < -0.4 is 10.6 Å². The van der Waals surface area contributed by atoms with E-state index in [-0.39, 0.29) is 12.3 Å². The Bertz CT molecular complexity index is 838. The van der Waals surface area contributed by atoms with E-state index in [1.165, 1.54) is 0 Å². The van der Waals surface area contributed by atoms with Crippen molar-refractivity contribution in [2.24, 2.45) is 0 Å². The van der Waals surface area contributed by atoms with Crippen LogP contribution in [0, 0.1) is 0 Å². The molecule has 25 heavy (non-hydrogen) atoms. The highest BCUT2D eigenvalue weighted by molar-refractivity contribution is 9.10. The van der Waals surface area contributed by atoms with Crippen molar-refractivity contribution in [2.45, 2.75) is 13.0 Å². The third-order valence-corrected chi connectivity index (χ3v) is 4.00. The van der Waals surface area contributed by atoms with Crippen molar-refractivity contribution in [3.05, 3.63) is 82.3 Å². The van der Waals surface area contributed by atoms with Gasteiger partial charge in [0.1, 0.15) is 5.82 Å². The molecule has 3 aromatic rings. The van der Waals surface area contributed by atoms with E-state index < -0.39 is 0 Å². The highest BCUT2D eigenvalue weighted by Crippen LogP contribution is 2.13. The van der Waals surface area contributed by atoms with Gasteiger partial charge in [-0.1, -0.05) is 58.4 Å². The molecule has 0 aliphatic carbocycles. The Morgan fingerprint density at radius 2 is 1.60 bits per heavy atom. The molecule has 1 aromatic heterocycles. The Morgan fingerprint density at radius 3 is 2.32 bits per heavy atom. The van der Waals surface area contributed by atoms with Crippen LogP contribution in [0.4, 0.5) is 11.6 Å². The summed E-state index contributed by atoms with van der Waals surface area (Å²) in [6, 6.07) is 21.2. The van der Waals surface area contributed by atoms with Crippen LogP contribution in [-0.2, 0) is 17.8 Å². The largest absolute Gasteiger partial charge is 0.365 e. The second-order valence-electron chi connectivity index (χ2n) is 5.50. The van der Waals surface area contributed by atoms with Crippen LogP contribution in [-0.4, -0.2) is 16.1 Å². The number of nitrogens with zero attached hydrogens (tertiary/aromatic N) is 2. The zero-order valence-corrected chi connectivity index (χ0v) is 15.0. The molecule has 1 amide bonds. The van der Waals surface area contributed by atoms with Crippen LogP contribution in [0.3, 0.4) is 0 Å². The summed E-state index contributed by atoms with van der Waals surface area (Å²) in [5, 5.41) is 14.1. The fourth-order valence-electron chi connectivity index (χ4n) is 2.30. The summed E-state index contributed by atoms with van der Waals surface area (Å²) in [6.07, 6.45) is 0.287. The Morgan fingerprint density at radius 1 is 0.880 bits per heavy atom. The van der Waals surface area contributed by atoms with Gasteiger partial charge in [0, 0.05) is 11.0 Å². The average Bonchev–Trinajstić information content (AvgIpc) is 2.62. The second-order valence-corrected chi connectivity index (χ2v) is 6.41. The van der Waals surface area contributed by atoms with Gasteiger partial charge >= 0.3 is 0 Å². The Labute approximate surface area is 154 Å². The van der Waals surface area contributed by atoms with Crippen molar-refractivity contribution >= 4 is 33.5 Å². The number of hydrogen-bond acceptors (Lipinski definition) is 4. The summed E-state index contributed by atoms with van der Waals surface area (Å²) in [5.41, 5.74) is 2.09. The predicted molar refractivity (Wildman–Crippen MR) is 102 cm³/mol. The molecule has 0 aliphatic rings. The van der Waals surface area contributed by atoms with Crippen molar-refractivity contribution in [1.29, 1.82) is 0 Å². The lowest BCUT2D eigenvalue weighted by atomic mass is 10.1. The molecule has 0 saturated carbocycles. The molecule has 0 atom stereocenters. The maximum Gasteiger partial charge on any atom is 0.229 e. The van der Waals surface area contributed by atoms with Crippen LogP contribution in [0.25, 0.3) is 0 Å². The molecule has 6 heteroatoms. The number of halogens is 1. The van der Waals surface area contributed by atoms with Crippen LogP contribution in [0.1, 0.15) is 11.1 Å². The number of aromatic nitrogens is 2. The lowest BCUT2D eigenvalue weighted by Crippen LogP contribution is -2.16. The molecule has 126 valence electrons. The first-order valence-electron chi connectivity index (χ1n) is 7.85. The standard InChI is InChI=1S/C19H17BrN4O/c20-16-8-4-7-15(11-16)12-19(25)22-18-10-9-17(23-24-18)21-13-14-5-2-1-3-6-14/h1-11H,12-13H2,(H,21,23)(H,22,24,25). The summed E-state index contributed by atoms with van der Waals surface area (Å²) in [7, 11) is 0. The minimum atomic E-state index is -0.127. The van der Waals surface area contributed by atoms with Gasteiger partial charge in [0.15, 0.2) is 5.82 Å². The molecule has 0 unspecified atom stereocenters. The van der Waals surface area contributed by atoms with E-state index in [9.17, 15) is 4.79 Å². The average molecular weight is 397 g/mol. The first kappa shape index (κ1) is 17.1. The van der Waals surface area contributed by atoms with Crippen molar-refractivity contribution in [1.82, 2.24) is 10.2 Å². The number of rotatable bonds is 6. The fourth-order valence-corrected chi connectivity index (χ4v) is 2.75. The molecular formula is C19H17BrN4O. The summed E-state index contributed by atoms with van der Waals surface area (Å²) >= 11 is 3.40. The number of amides is 1. The Hall–Kier alpha value is -2.73.